The van der Waals surface area contributed by atoms with Gasteiger partial charge in [0.15, 0.2) is 0 Å². The molecule has 5 rings (SSSR count). The fourth-order valence-electron chi connectivity index (χ4n) is 4.79. The molecule has 0 spiro atoms. The summed E-state index contributed by atoms with van der Waals surface area (Å²) in [4.78, 5) is 45.9. The number of carbonyl (C=O) groups excluding carboxylic acids is 3. The Morgan fingerprint density at radius 3 is 2.82 bits per heavy atom. The monoisotopic (exact) mass is 536 g/mol. The molecule has 0 radical (unpaired) electrons. The van der Waals surface area contributed by atoms with Crippen LogP contribution in [0.1, 0.15) is 50.7 Å². The fourth-order valence-corrected chi connectivity index (χ4v) is 5.59. The van der Waals surface area contributed by atoms with Crippen molar-refractivity contribution < 1.29 is 23.5 Å². The van der Waals surface area contributed by atoms with Gasteiger partial charge in [0.25, 0.3) is 11.8 Å². The second kappa shape index (κ2) is 11.7. The maximum Gasteiger partial charge on any atom is 0.273 e. The van der Waals surface area contributed by atoms with Crippen LogP contribution in [0.3, 0.4) is 0 Å². The lowest BCUT2D eigenvalue weighted by Crippen LogP contribution is -2.46. The van der Waals surface area contributed by atoms with Crippen molar-refractivity contribution in [3.05, 3.63) is 81.6 Å². The number of fused-ring (bicyclic) bond motifs is 4. The Kier molecular flexibility index (Phi) is 7.97. The van der Waals surface area contributed by atoms with Gasteiger partial charge in [-0.25, -0.2) is 9.37 Å². The first-order chi connectivity index (χ1) is 18.5. The topological polar surface area (TPSA) is 101 Å². The van der Waals surface area contributed by atoms with E-state index in [0.29, 0.717) is 37.9 Å². The van der Waals surface area contributed by atoms with Gasteiger partial charge in [-0.3, -0.25) is 14.4 Å². The third-order valence-corrected chi connectivity index (χ3v) is 7.62. The van der Waals surface area contributed by atoms with Crippen LogP contribution in [0.2, 0.25) is 0 Å². The molecule has 2 N–H and O–H groups in total. The molecule has 2 bridgehead atoms. The van der Waals surface area contributed by atoms with Crippen molar-refractivity contribution in [3.8, 4) is 5.75 Å². The molecule has 3 amide bonds. The van der Waals surface area contributed by atoms with Gasteiger partial charge in [-0.15, -0.1) is 11.3 Å². The van der Waals surface area contributed by atoms with Gasteiger partial charge in [0, 0.05) is 37.5 Å². The van der Waals surface area contributed by atoms with E-state index in [1.165, 1.54) is 23.5 Å². The number of aromatic nitrogens is 1. The highest BCUT2D eigenvalue weighted by atomic mass is 32.1. The zero-order valence-corrected chi connectivity index (χ0v) is 21.6. The van der Waals surface area contributed by atoms with E-state index < -0.39 is 23.7 Å². The van der Waals surface area contributed by atoms with Gasteiger partial charge in [0.1, 0.15) is 17.3 Å². The number of hydrogen-bond acceptors (Lipinski definition) is 6. The Hall–Kier alpha value is -3.79. The molecule has 38 heavy (non-hydrogen) atoms. The summed E-state index contributed by atoms with van der Waals surface area (Å²) in [6.45, 7) is 1.10. The number of hydrogen-bond donors (Lipinski definition) is 2. The standard InChI is InChI=1S/C28H29FN4O4S/c29-20-8-10-24-22(14-20)27(35)31-21-9-7-19(26(34)30-11-4-12-37-24)15-33(16-21)28(36)23-17-38-25(32-23)13-18-5-2-1-3-6-18/h1-3,5-6,8,10,14,17,19,21H,4,7,9,11-13,15-16H2,(H,30,34)(H,31,35)/t19-,21+/m0/s1. The minimum Gasteiger partial charge on any atom is -0.493 e. The first-order valence-electron chi connectivity index (χ1n) is 12.7. The number of nitrogens with one attached hydrogen (secondary N) is 2. The summed E-state index contributed by atoms with van der Waals surface area (Å²) in [5, 5.41) is 8.45. The maximum atomic E-state index is 14.0. The van der Waals surface area contributed by atoms with Gasteiger partial charge in [-0.2, -0.15) is 0 Å². The molecule has 1 aromatic heterocycles. The number of amides is 3. The van der Waals surface area contributed by atoms with E-state index in [1.54, 1.807) is 10.3 Å². The van der Waals surface area contributed by atoms with Crippen molar-refractivity contribution in [1.29, 1.82) is 0 Å². The molecule has 2 atom stereocenters. The lowest BCUT2D eigenvalue weighted by molar-refractivity contribution is -0.125. The fraction of sp³-hybridized carbons (Fsp3) is 0.357. The lowest BCUT2D eigenvalue weighted by Gasteiger charge is -2.26. The van der Waals surface area contributed by atoms with Crippen LogP contribution in [-0.4, -0.2) is 59.9 Å². The Bertz CT molecular complexity index is 1320. The van der Waals surface area contributed by atoms with Gasteiger partial charge in [0.05, 0.1) is 23.1 Å². The first-order valence-corrected chi connectivity index (χ1v) is 13.6. The molecule has 0 unspecified atom stereocenters. The molecule has 0 saturated carbocycles. The van der Waals surface area contributed by atoms with E-state index in [2.05, 4.69) is 15.6 Å². The summed E-state index contributed by atoms with van der Waals surface area (Å²) in [5.41, 5.74) is 1.54. The van der Waals surface area contributed by atoms with E-state index in [4.69, 9.17) is 4.74 Å². The summed E-state index contributed by atoms with van der Waals surface area (Å²) < 4.78 is 19.7. The number of ether oxygens (including phenoxy) is 1. The number of rotatable bonds is 3. The molecule has 10 heteroatoms. The van der Waals surface area contributed by atoms with Crippen LogP contribution in [0.25, 0.3) is 0 Å². The molecule has 2 aliphatic rings. The summed E-state index contributed by atoms with van der Waals surface area (Å²) in [6, 6.07) is 13.3. The van der Waals surface area contributed by atoms with Crippen molar-refractivity contribution in [2.75, 3.05) is 26.2 Å². The van der Waals surface area contributed by atoms with E-state index in [9.17, 15) is 18.8 Å². The van der Waals surface area contributed by atoms with Crippen molar-refractivity contribution in [1.82, 2.24) is 20.5 Å². The van der Waals surface area contributed by atoms with Gasteiger partial charge in [-0.05, 0) is 43.0 Å². The second-order valence-electron chi connectivity index (χ2n) is 9.58. The van der Waals surface area contributed by atoms with E-state index >= 15 is 0 Å². The van der Waals surface area contributed by atoms with Gasteiger partial charge in [0.2, 0.25) is 5.91 Å². The number of nitrogens with zero attached hydrogens (tertiary/aromatic N) is 2. The average Bonchev–Trinajstić information content (AvgIpc) is 3.27. The Balaban J connectivity index is 1.38. The van der Waals surface area contributed by atoms with Crippen LogP contribution in [0, 0.1) is 11.7 Å². The predicted octanol–water partition coefficient (Wildman–Crippen LogP) is 3.42. The molecular weight excluding hydrogens is 507 g/mol. The Morgan fingerprint density at radius 1 is 1.13 bits per heavy atom. The van der Waals surface area contributed by atoms with Crippen molar-refractivity contribution in [2.24, 2.45) is 5.92 Å². The van der Waals surface area contributed by atoms with E-state index in [0.717, 1.165) is 16.6 Å². The predicted molar refractivity (Wildman–Crippen MR) is 141 cm³/mol. The average molecular weight is 537 g/mol. The van der Waals surface area contributed by atoms with E-state index in [1.807, 2.05) is 30.3 Å². The minimum absolute atomic E-state index is 0.106. The van der Waals surface area contributed by atoms with Crippen LogP contribution in [0.15, 0.2) is 53.9 Å². The van der Waals surface area contributed by atoms with Crippen molar-refractivity contribution >= 4 is 29.1 Å². The number of likely N-dealkylation sites (tertiary alicyclic amines) is 1. The van der Waals surface area contributed by atoms with Gasteiger partial charge < -0.3 is 20.3 Å². The summed E-state index contributed by atoms with van der Waals surface area (Å²) in [7, 11) is 0. The maximum absolute atomic E-state index is 14.0. The summed E-state index contributed by atoms with van der Waals surface area (Å²) in [6.07, 6.45) is 2.14. The Labute approximate surface area is 224 Å². The third-order valence-electron chi connectivity index (χ3n) is 6.77. The molecule has 0 aliphatic carbocycles. The van der Waals surface area contributed by atoms with Crippen molar-refractivity contribution in [3.63, 3.8) is 0 Å². The second-order valence-corrected chi connectivity index (χ2v) is 10.5. The lowest BCUT2D eigenvalue weighted by atomic mass is 10.0. The molecular formula is C28H29FN4O4S. The molecule has 8 nitrogen and oxygen atoms in total. The number of halogens is 1. The van der Waals surface area contributed by atoms with Crippen LogP contribution >= 0.6 is 11.3 Å². The first kappa shape index (κ1) is 25.8. The Morgan fingerprint density at radius 2 is 1.97 bits per heavy atom. The smallest absolute Gasteiger partial charge is 0.273 e. The molecule has 1 saturated heterocycles. The number of thiazole rings is 1. The van der Waals surface area contributed by atoms with Crippen LogP contribution in [0.5, 0.6) is 5.75 Å². The highest BCUT2D eigenvalue weighted by molar-refractivity contribution is 7.09. The minimum atomic E-state index is -0.538. The molecule has 2 aromatic carbocycles. The van der Waals surface area contributed by atoms with Gasteiger partial charge in [-0.1, -0.05) is 30.3 Å². The highest BCUT2D eigenvalue weighted by Gasteiger charge is 2.33. The quantitative estimate of drug-likeness (QED) is 0.534. The number of carbonyl (C=O) groups is 3. The largest absolute Gasteiger partial charge is 0.493 e. The highest BCUT2D eigenvalue weighted by Crippen LogP contribution is 2.24. The summed E-state index contributed by atoms with van der Waals surface area (Å²) >= 11 is 1.42. The molecule has 3 aromatic rings. The number of benzene rings is 2. The van der Waals surface area contributed by atoms with E-state index in [-0.39, 0.29) is 42.8 Å². The zero-order valence-electron chi connectivity index (χ0n) is 20.8. The van der Waals surface area contributed by atoms with Crippen LogP contribution in [-0.2, 0) is 11.2 Å². The SMILES string of the molecule is O=C1N[C@@H]2CC[C@@H](CN(C(=O)c3csc(Cc4ccccc4)n3)C2)C(=O)NCCCOc2ccc(F)cc21. The molecule has 1 fully saturated rings. The zero-order chi connectivity index (χ0) is 26.5. The normalized spacial score (nSPS) is 20.4. The molecule has 3 heterocycles. The third kappa shape index (κ3) is 6.19. The van der Waals surface area contributed by atoms with Gasteiger partial charge >= 0.3 is 0 Å². The molecule has 198 valence electrons. The molecule has 2 aliphatic heterocycles. The van der Waals surface area contributed by atoms with Crippen LogP contribution in [0.4, 0.5) is 4.39 Å². The summed E-state index contributed by atoms with van der Waals surface area (Å²) in [5.74, 6) is -1.56. The van der Waals surface area contributed by atoms with Crippen LogP contribution < -0.4 is 15.4 Å². The van der Waals surface area contributed by atoms with Crippen molar-refractivity contribution in [2.45, 2.75) is 31.7 Å².